The van der Waals surface area contributed by atoms with Gasteiger partial charge in [-0.15, -0.1) is 0 Å². The Morgan fingerprint density at radius 3 is 2.60 bits per heavy atom. The van der Waals surface area contributed by atoms with Gasteiger partial charge in [-0.3, -0.25) is 29.2 Å². The van der Waals surface area contributed by atoms with Crippen LogP contribution in [0.15, 0.2) is 67.1 Å². The number of fused-ring (bicyclic) bond motifs is 7. The van der Waals surface area contributed by atoms with E-state index in [9.17, 15) is 24.3 Å². The minimum Gasteiger partial charge on any atom is -0.508 e. The summed E-state index contributed by atoms with van der Waals surface area (Å²) in [4.78, 5) is 67.8. The second-order valence-electron chi connectivity index (χ2n) is 19.1. The molecule has 344 valence electrons. The Morgan fingerprint density at radius 2 is 1.86 bits per heavy atom. The van der Waals surface area contributed by atoms with Crippen molar-refractivity contribution in [1.29, 1.82) is 0 Å². The van der Waals surface area contributed by atoms with Crippen molar-refractivity contribution in [1.82, 2.24) is 39.8 Å². The zero-order valence-corrected chi connectivity index (χ0v) is 38.8. The third-order valence-electron chi connectivity index (χ3n) is 13.3. The van der Waals surface area contributed by atoms with Crippen LogP contribution in [0.4, 0.5) is 0 Å². The number of methoxy groups -OCH3 is 1. The highest BCUT2D eigenvalue weighted by atomic mass is 16.5. The molecule has 3 N–H and O–H groups in total. The summed E-state index contributed by atoms with van der Waals surface area (Å²) in [5, 5.41) is 16.8. The predicted molar refractivity (Wildman–Crippen MR) is 246 cm³/mol. The molecule has 3 aliphatic rings. The Morgan fingerprint density at radius 1 is 1.06 bits per heavy atom. The standard InChI is InChI=1S/C50H62N8O7/c1-9-57-41-15-14-32-24-37(41)38(45(57)36-12-10-16-52-43(36)30(4)64-8)26-50(5,6)28-65-49(63)39-13-11-18-58(54-39)48(62)40(22-31-20-33(32)23-35(59)21-31)53-46(60)44(29(2)3)55(7)47(61)34-25-42-51-17-19-56(42)27-34/h10,12,14-17,19-21,23-24,29-30,34,39-40,44,54,59H,9,11,13,18,22,25-28H2,1-8H3,(H,53,60)/t30-,34?,39-,40-,44-/m0/s1. The average molecular weight is 887 g/mol. The van der Waals surface area contributed by atoms with Gasteiger partial charge in [0.05, 0.1) is 30.0 Å². The molecule has 0 spiro atoms. The lowest BCUT2D eigenvalue weighted by Gasteiger charge is -2.37. The minimum absolute atomic E-state index is 0.00655. The summed E-state index contributed by atoms with van der Waals surface area (Å²) >= 11 is 0. The fraction of sp³-hybridized carbons (Fsp3) is 0.480. The van der Waals surface area contributed by atoms with Gasteiger partial charge < -0.3 is 33.9 Å². The number of nitrogens with zero attached hydrogens (tertiary/aromatic N) is 6. The zero-order chi connectivity index (χ0) is 46.3. The van der Waals surface area contributed by atoms with E-state index in [0.717, 1.165) is 50.4 Å². The summed E-state index contributed by atoms with van der Waals surface area (Å²) in [6.45, 7) is 13.6. The zero-order valence-electron chi connectivity index (χ0n) is 38.8. The van der Waals surface area contributed by atoms with Gasteiger partial charge in [0.1, 0.15) is 29.7 Å². The van der Waals surface area contributed by atoms with E-state index in [1.54, 1.807) is 38.7 Å². The molecule has 0 saturated carbocycles. The topological polar surface area (TPSA) is 173 Å². The second-order valence-corrected chi connectivity index (χ2v) is 19.1. The predicted octanol–water partition coefficient (Wildman–Crippen LogP) is 6.00. The van der Waals surface area contributed by atoms with Gasteiger partial charge in [-0.1, -0.05) is 39.8 Å². The Bertz CT molecular complexity index is 2590. The molecular formula is C50H62N8O7. The van der Waals surface area contributed by atoms with E-state index in [-0.39, 0.29) is 42.6 Å². The van der Waals surface area contributed by atoms with Gasteiger partial charge in [-0.25, -0.2) is 10.4 Å². The van der Waals surface area contributed by atoms with Crippen molar-refractivity contribution < 1.29 is 33.8 Å². The molecule has 3 amide bonds. The van der Waals surface area contributed by atoms with E-state index in [1.807, 2.05) is 49.7 Å². The Balaban J connectivity index is 1.21. The summed E-state index contributed by atoms with van der Waals surface area (Å²) in [6, 6.07) is 12.7. The van der Waals surface area contributed by atoms with Gasteiger partial charge in [0, 0.05) is 87.1 Å². The van der Waals surface area contributed by atoms with Gasteiger partial charge in [0.15, 0.2) is 0 Å². The number of carbonyl (C=O) groups is 4. The van der Waals surface area contributed by atoms with Crippen molar-refractivity contribution in [3.8, 4) is 28.1 Å². The van der Waals surface area contributed by atoms with E-state index in [2.05, 4.69) is 59.3 Å². The van der Waals surface area contributed by atoms with Gasteiger partial charge in [-0.2, -0.15) is 0 Å². The highest BCUT2D eigenvalue weighted by Gasteiger charge is 2.40. The molecule has 3 aromatic heterocycles. The van der Waals surface area contributed by atoms with Gasteiger partial charge >= 0.3 is 5.97 Å². The molecule has 65 heavy (non-hydrogen) atoms. The molecule has 1 saturated heterocycles. The SMILES string of the molecule is CCn1c(-c2cccnc2[C@H](C)OC)c2c3cc(ccc31)-c1cc(O)cc(c1)C[C@H](NC(=O)[C@H](C(C)C)N(C)C(=O)C1Cc3nccn3C1)C(=O)N1CCC[C@H](N1)C(=O)OCC(C)(C)C2. The van der Waals surface area contributed by atoms with Gasteiger partial charge in [0.2, 0.25) is 11.8 Å². The van der Waals surface area contributed by atoms with Crippen molar-refractivity contribution in [3.63, 3.8) is 0 Å². The van der Waals surface area contributed by atoms with E-state index in [1.165, 1.54) is 9.91 Å². The summed E-state index contributed by atoms with van der Waals surface area (Å²) < 4.78 is 16.2. The van der Waals surface area contributed by atoms with E-state index < -0.39 is 41.3 Å². The maximum absolute atomic E-state index is 14.7. The van der Waals surface area contributed by atoms with Crippen LogP contribution in [-0.2, 0) is 61.0 Å². The number of hydrogen-bond donors (Lipinski definition) is 3. The number of hydrazine groups is 1. The molecule has 15 heteroatoms. The summed E-state index contributed by atoms with van der Waals surface area (Å²) in [7, 11) is 3.32. The molecule has 5 atom stereocenters. The van der Waals surface area contributed by atoms with Crippen LogP contribution in [0, 0.1) is 17.3 Å². The number of cyclic esters (lactones) is 1. The maximum Gasteiger partial charge on any atom is 0.324 e. The molecule has 1 unspecified atom stereocenters. The number of imidazole rings is 1. The number of amides is 3. The number of phenolic OH excluding ortho intramolecular Hbond substituents is 1. The molecule has 15 nitrogen and oxygen atoms in total. The Hall–Kier alpha value is -6.06. The quantitative estimate of drug-likeness (QED) is 0.149. The normalized spacial score (nSPS) is 20.8. The largest absolute Gasteiger partial charge is 0.508 e. The van der Waals surface area contributed by atoms with Crippen LogP contribution >= 0.6 is 0 Å². The third kappa shape index (κ3) is 9.13. The highest BCUT2D eigenvalue weighted by Crippen LogP contribution is 2.42. The molecule has 6 bridgehead atoms. The van der Waals surface area contributed by atoms with Crippen LogP contribution in [0.2, 0.25) is 0 Å². The number of nitrogens with one attached hydrogen (secondary N) is 2. The van der Waals surface area contributed by atoms with Crippen LogP contribution in [-0.4, -0.2) is 103 Å². The first-order chi connectivity index (χ1) is 31.1. The molecular weight excluding hydrogens is 825 g/mol. The number of aromatic nitrogens is 4. The molecule has 8 rings (SSSR count). The van der Waals surface area contributed by atoms with Crippen molar-refractivity contribution in [2.24, 2.45) is 17.3 Å². The van der Waals surface area contributed by atoms with E-state index in [4.69, 9.17) is 14.5 Å². The number of aryl methyl sites for hydroxylation is 1. The van der Waals surface area contributed by atoms with Crippen LogP contribution in [0.25, 0.3) is 33.3 Å². The number of carbonyl (C=O) groups excluding carboxylic acids is 4. The van der Waals surface area contributed by atoms with E-state index in [0.29, 0.717) is 50.9 Å². The number of pyridine rings is 1. The summed E-state index contributed by atoms with van der Waals surface area (Å²) in [6.07, 6.45) is 7.10. The monoisotopic (exact) mass is 886 g/mol. The number of aromatic hydroxyl groups is 1. The third-order valence-corrected chi connectivity index (χ3v) is 13.3. The fourth-order valence-electron chi connectivity index (χ4n) is 10.1. The summed E-state index contributed by atoms with van der Waals surface area (Å²) in [5.41, 5.74) is 9.67. The van der Waals surface area contributed by atoms with Crippen LogP contribution in [0.5, 0.6) is 5.75 Å². The lowest BCUT2D eigenvalue weighted by Crippen LogP contribution is -2.62. The number of phenols is 1. The second kappa shape index (κ2) is 18.4. The average Bonchev–Trinajstić information content (AvgIpc) is 3.99. The van der Waals surface area contributed by atoms with Crippen molar-refractivity contribution >= 4 is 34.6 Å². The molecule has 5 aromatic rings. The van der Waals surface area contributed by atoms with Crippen LogP contribution in [0.3, 0.4) is 0 Å². The number of rotatable bonds is 9. The summed E-state index contributed by atoms with van der Waals surface area (Å²) in [5.74, 6) is -1.39. The number of esters is 1. The number of benzene rings is 2. The lowest BCUT2D eigenvalue weighted by molar-refractivity contribution is -0.155. The first-order valence-electron chi connectivity index (χ1n) is 22.8. The minimum atomic E-state index is -1.13. The van der Waals surface area contributed by atoms with Crippen LogP contribution in [0.1, 0.15) is 83.1 Å². The molecule has 0 radical (unpaired) electrons. The molecule has 2 aromatic carbocycles. The first-order valence-corrected chi connectivity index (χ1v) is 22.8. The Kier molecular flexibility index (Phi) is 12.9. The smallest absolute Gasteiger partial charge is 0.324 e. The van der Waals surface area contributed by atoms with Crippen molar-refractivity contribution in [2.45, 2.75) is 111 Å². The Labute approximate surface area is 380 Å². The number of ether oxygens (including phenoxy) is 2. The number of hydrogen-bond acceptors (Lipinski definition) is 10. The number of likely N-dealkylation sites (N-methyl/N-ethyl adjacent to an activating group) is 1. The van der Waals surface area contributed by atoms with Crippen LogP contribution < -0.4 is 10.7 Å². The highest BCUT2D eigenvalue weighted by molar-refractivity contribution is 5.96. The molecule has 0 aliphatic carbocycles. The molecule has 3 aliphatic heterocycles. The molecule has 1 fully saturated rings. The van der Waals surface area contributed by atoms with E-state index >= 15 is 0 Å². The van der Waals surface area contributed by atoms with Crippen molar-refractivity contribution in [3.05, 3.63) is 89.8 Å². The lowest BCUT2D eigenvalue weighted by atomic mass is 9.84. The van der Waals surface area contributed by atoms with Gasteiger partial charge in [-0.05, 0) is 97.7 Å². The molecule has 6 heterocycles. The first kappa shape index (κ1) is 45.5. The fourth-order valence-corrected chi connectivity index (χ4v) is 10.1. The van der Waals surface area contributed by atoms with Crippen molar-refractivity contribution in [2.75, 3.05) is 27.3 Å². The maximum atomic E-state index is 14.7. The van der Waals surface area contributed by atoms with Gasteiger partial charge in [0.25, 0.3) is 5.91 Å².